The molecule has 1 aromatic rings. The van der Waals surface area contributed by atoms with Crippen molar-refractivity contribution in [2.24, 2.45) is 0 Å². The van der Waals surface area contributed by atoms with E-state index in [0.717, 1.165) is 0 Å². The summed E-state index contributed by atoms with van der Waals surface area (Å²) in [5.41, 5.74) is 0.654. The van der Waals surface area contributed by atoms with Crippen LogP contribution in [-0.4, -0.2) is 35.5 Å². The standard InChI is InChI=1S/C12H18FNO2/c1-9(14-7-11(16)8-15)6-10-4-2-3-5-12(10)13/h2-5,9,11,14-16H,6-8H2,1H3. The minimum absolute atomic E-state index is 0.0538. The van der Waals surface area contributed by atoms with Gasteiger partial charge >= 0.3 is 0 Å². The predicted molar refractivity (Wildman–Crippen MR) is 60.7 cm³/mol. The lowest BCUT2D eigenvalue weighted by atomic mass is 10.1. The number of benzene rings is 1. The van der Waals surface area contributed by atoms with Crippen LogP contribution < -0.4 is 5.32 Å². The van der Waals surface area contributed by atoms with Gasteiger partial charge in [0, 0.05) is 12.6 Å². The van der Waals surface area contributed by atoms with E-state index in [1.54, 1.807) is 18.2 Å². The minimum atomic E-state index is -0.761. The third-order valence-corrected chi connectivity index (χ3v) is 2.40. The average Bonchev–Trinajstić information content (AvgIpc) is 2.29. The molecule has 0 saturated heterocycles. The molecule has 0 spiro atoms. The van der Waals surface area contributed by atoms with Crippen molar-refractivity contribution in [3.8, 4) is 0 Å². The van der Waals surface area contributed by atoms with E-state index in [9.17, 15) is 4.39 Å². The number of aliphatic hydroxyl groups is 2. The first-order chi connectivity index (χ1) is 7.63. The van der Waals surface area contributed by atoms with Gasteiger partial charge in [-0.05, 0) is 25.0 Å². The van der Waals surface area contributed by atoms with Gasteiger partial charge < -0.3 is 15.5 Å². The quantitative estimate of drug-likeness (QED) is 0.670. The molecule has 0 amide bonds. The Morgan fingerprint density at radius 2 is 2.06 bits per heavy atom. The monoisotopic (exact) mass is 227 g/mol. The Morgan fingerprint density at radius 3 is 2.69 bits per heavy atom. The SMILES string of the molecule is CC(Cc1ccccc1F)NCC(O)CO. The first-order valence-electron chi connectivity index (χ1n) is 5.39. The second kappa shape index (κ2) is 6.58. The average molecular weight is 227 g/mol. The summed E-state index contributed by atoms with van der Waals surface area (Å²) >= 11 is 0. The fourth-order valence-electron chi connectivity index (χ4n) is 1.47. The van der Waals surface area contributed by atoms with E-state index in [2.05, 4.69) is 5.32 Å². The maximum absolute atomic E-state index is 13.3. The molecule has 0 saturated carbocycles. The molecular formula is C12H18FNO2. The molecule has 0 aromatic heterocycles. The van der Waals surface area contributed by atoms with Crippen molar-refractivity contribution in [1.82, 2.24) is 5.32 Å². The number of hydrogen-bond donors (Lipinski definition) is 3. The van der Waals surface area contributed by atoms with Crippen LogP contribution in [0.4, 0.5) is 4.39 Å². The molecule has 0 heterocycles. The maximum Gasteiger partial charge on any atom is 0.126 e. The summed E-state index contributed by atoms with van der Waals surface area (Å²) in [6.07, 6.45) is -0.201. The largest absolute Gasteiger partial charge is 0.394 e. The highest BCUT2D eigenvalue weighted by atomic mass is 19.1. The van der Waals surface area contributed by atoms with Crippen molar-refractivity contribution in [2.45, 2.75) is 25.5 Å². The number of aliphatic hydroxyl groups excluding tert-OH is 2. The summed E-state index contributed by atoms with van der Waals surface area (Å²) in [4.78, 5) is 0. The summed E-state index contributed by atoms with van der Waals surface area (Å²) in [6.45, 7) is 1.96. The van der Waals surface area contributed by atoms with Gasteiger partial charge in [-0.3, -0.25) is 0 Å². The molecule has 0 bridgehead atoms. The molecule has 1 rings (SSSR count). The van der Waals surface area contributed by atoms with Crippen LogP contribution >= 0.6 is 0 Å². The molecule has 2 atom stereocenters. The number of rotatable bonds is 6. The highest BCUT2D eigenvalue weighted by molar-refractivity contribution is 5.18. The Bertz CT molecular complexity index is 320. The Kier molecular flexibility index (Phi) is 5.38. The van der Waals surface area contributed by atoms with Gasteiger partial charge in [-0.1, -0.05) is 18.2 Å². The zero-order valence-electron chi connectivity index (χ0n) is 9.36. The second-order valence-electron chi connectivity index (χ2n) is 3.94. The molecule has 3 N–H and O–H groups in total. The van der Waals surface area contributed by atoms with Crippen molar-refractivity contribution < 1.29 is 14.6 Å². The van der Waals surface area contributed by atoms with E-state index in [-0.39, 0.29) is 18.5 Å². The van der Waals surface area contributed by atoms with Crippen molar-refractivity contribution in [1.29, 1.82) is 0 Å². The summed E-state index contributed by atoms with van der Waals surface area (Å²) < 4.78 is 13.3. The van der Waals surface area contributed by atoms with Gasteiger partial charge in [0.25, 0.3) is 0 Å². The number of hydrogen-bond acceptors (Lipinski definition) is 3. The van der Waals surface area contributed by atoms with Crippen molar-refractivity contribution >= 4 is 0 Å². The molecule has 3 nitrogen and oxygen atoms in total. The first kappa shape index (κ1) is 13.1. The van der Waals surface area contributed by atoms with Gasteiger partial charge in [0.05, 0.1) is 12.7 Å². The molecule has 0 aliphatic rings. The Labute approximate surface area is 94.9 Å². The van der Waals surface area contributed by atoms with E-state index in [0.29, 0.717) is 18.5 Å². The van der Waals surface area contributed by atoms with Crippen molar-refractivity contribution in [3.63, 3.8) is 0 Å². The van der Waals surface area contributed by atoms with E-state index >= 15 is 0 Å². The van der Waals surface area contributed by atoms with Crippen LogP contribution in [0.1, 0.15) is 12.5 Å². The van der Waals surface area contributed by atoms with Crippen LogP contribution in [0.2, 0.25) is 0 Å². The van der Waals surface area contributed by atoms with E-state index < -0.39 is 6.10 Å². The van der Waals surface area contributed by atoms with Crippen LogP contribution in [0.15, 0.2) is 24.3 Å². The van der Waals surface area contributed by atoms with E-state index in [1.807, 2.05) is 6.92 Å². The fraction of sp³-hybridized carbons (Fsp3) is 0.500. The molecule has 90 valence electrons. The topological polar surface area (TPSA) is 52.5 Å². The highest BCUT2D eigenvalue weighted by Gasteiger charge is 2.08. The normalized spacial score (nSPS) is 14.8. The smallest absolute Gasteiger partial charge is 0.126 e. The summed E-state index contributed by atoms with van der Waals surface area (Å²) in [5, 5.41) is 20.8. The summed E-state index contributed by atoms with van der Waals surface area (Å²) in [5.74, 6) is -0.209. The lowest BCUT2D eigenvalue weighted by Crippen LogP contribution is -2.36. The molecule has 0 aliphatic heterocycles. The second-order valence-corrected chi connectivity index (χ2v) is 3.94. The lowest BCUT2D eigenvalue weighted by molar-refractivity contribution is 0.0923. The number of halogens is 1. The molecule has 1 aromatic carbocycles. The van der Waals surface area contributed by atoms with Gasteiger partial charge in [-0.15, -0.1) is 0 Å². The summed E-state index contributed by atoms with van der Waals surface area (Å²) in [7, 11) is 0. The van der Waals surface area contributed by atoms with Crippen molar-refractivity contribution in [3.05, 3.63) is 35.6 Å². The molecule has 2 unspecified atom stereocenters. The van der Waals surface area contributed by atoms with E-state index in [1.165, 1.54) is 6.07 Å². The highest BCUT2D eigenvalue weighted by Crippen LogP contribution is 2.08. The van der Waals surface area contributed by atoms with Crippen molar-refractivity contribution in [2.75, 3.05) is 13.2 Å². The lowest BCUT2D eigenvalue weighted by Gasteiger charge is -2.16. The van der Waals surface area contributed by atoms with Crippen LogP contribution in [0.3, 0.4) is 0 Å². The Balaban J connectivity index is 2.40. The van der Waals surface area contributed by atoms with Crippen LogP contribution in [0.5, 0.6) is 0 Å². The molecular weight excluding hydrogens is 209 g/mol. The Morgan fingerprint density at radius 1 is 1.38 bits per heavy atom. The molecule has 0 aliphatic carbocycles. The first-order valence-corrected chi connectivity index (χ1v) is 5.39. The van der Waals surface area contributed by atoms with Crippen LogP contribution in [-0.2, 0) is 6.42 Å². The zero-order valence-corrected chi connectivity index (χ0v) is 9.36. The predicted octanol–water partition coefficient (Wildman–Crippen LogP) is 0.700. The van der Waals surface area contributed by atoms with Gasteiger partial charge in [0.1, 0.15) is 5.82 Å². The van der Waals surface area contributed by atoms with Gasteiger partial charge in [0.15, 0.2) is 0 Å². The molecule has 0 radical (unpaired) electrons. The molecule has 16 heavy (non-hydrogen) atoms. The fourth-order valence-corrected chi connectivity index (χ4v) is 1.47. The van der Waals surface area contributed by atoms with Gasteiger partial charge in [-0.2, -0.15) is 0 Å². The third-order valence-electron chi connectivity index (χ3n) is 2.40. The zero-order chi connectivity index (χ0) is 12.0. The van der Waals surface area contributed by atoms with E-state index in [4.69, 9.17) is 10.2 Å². The maximum atomic E-state index is 13.3. The molecule has 4 heteroatoms. The summed E-state index contributed by atoms with van der Waals surface area (Å²) in [6, 6.07) is 6.69. The van der Waals surface area contributed by atoms with Gasteiger partial charge in [-0.25, -0.2) is 4.39 Å². The van der Waals surface area contributed by atoms with Gasteiger partial charge in [0.2, 0.25) is 0 Å². The minimum Gasteiger partial charge on any atom is -0.394 e. The number of nitrogens with one attached hydrogen (secondary N) is 1. The van der Waals surface area contributed by atoms with Crippen LogP contribution in [0.25, 0.3) is 0 Å². The van der Waals surface area contributed by atoms with Crippen LogP contribution in [0, 0.1) is 5.82 Å². The third kappa shape index (κ3) is 4.26. The Hall–Kier alpha value is -0.970. The molecule has 0 fully saturated rings.